The molecular weight excluding hydrogens is 1450 g/mol. The summed E-state index contributed by atoms with van der Waals surface area (Å²) >= 11 is 7.57. The third-order valence-electron chi connectivity index (χ3n) is 22.6. The van der Waals surface area contributed by atoms with Gasteiger partial charge in [0.1, 0.15) is 0 Å². The van der Waals surface area contributed by atoms with E-state index in [0.717, 1.165) is 32.9 Å². The van der Waals surface area contributed by atoms with E-state index in [0.29, 0.717) is 0 Å². The van der Waals surface area contributed by atoms with E-state index in [1.54, 1.807) is 0 Å². The molecule has 0 aromatic heterocycles. The zero-order valence-corrected chi connectivity index (χ0v) is 63.8. The van der Waals surface area contributed by atoms with Crippen molar-refractivity contribution in [2.45, 2.75) is 30.4 Å². The first kappa shape index (κ1) is 67.6. The van der Waals surface area contributed by atoms with Crippen LogP contribution in [0.4, 0.5) is 28.4 Å². The Morgan fingerprint density at radius 3 is 0.892 bits per heavy atom. The van der Waals surface area contributed by atoms with Gasteiger partial charge in [0.05, 0.1) is 10.8 Å². The zero-order valence-electron chi connectivity index (χ0n) is 60.6. The van der Waals surface area contributed by atoms with E-state index in [9.17, 15) is 0 Å². The van der Waals surface area contributed by atoms with Crippen LogP contribution >= 0.6 is 39.5 Å². The summed E-state index contributed by atoms with van der Waals surface area (Å²) in [5.74, 6) is 0. The second-order valence-corrected chi connectivity index (χ2v) is 31.8. The molecule has 2 aliphatic heterocycles. The predicted octanol–water partition coefficient (Wildman–Crippen LogP) is 29.7. The summed E-state index contributed by atoms with van der Waals surface area (Å²) in [6, 6.07) is 154. The van der Waals surface area contributed by atoms with E-state index in [4.69, 9.17) is 0 Å². The van der Waals surface area contributed by atoms with Crippen LogP contribution in [0.25, 0.3) is 88.3 Å². The number of benzene rings is 18. The van der Waals surface area contributed by atoms with Crippen LogP contribution in [-0.4, -0.2) is 0 Å². The van der Waals surface area contributed by atoms with E-state index >= 15 is 0 Å². The van der Waals surface area contributed by atoms with Crippen LogP contribution in [-0.2, 0) is 10.8 Å². The third-order valence-corrected chi connectivity index (χ3v) is 25.4. The van der Waals surface area contributed by atoms with E-state index in [1.165, 1.54) is 152 Å². The Bertz CT molecular complexity index is 6270. The van der Waals surface area contributed by atoms with Crippen LogP contribution < -0.4 is 10.2 Å². The van der Waals surface area contributed by atoms with Gasteiger partial charge in [-0.3, -0.25) is 0 Å². The molecule has 4 aliphatic rings. The molecule has 5 heteroatoms. The lowest BCUT2D eigenvalue weighted by atomic mass is 9.66. The zero-order chi connectivity index (χ0) is 73.8. The second-order valence-electron chi connectivity index (χ2n) is 28.7. The summed E-state index contributed by atoms with van der Waals surface area (Å²) < 4.78 is 1.12. The quantitative estimate of drug-likeness (QED) is 0.155. The monoisotopic (exact) mass is 1510 g/mol. The summed E-state index contributed by atoms with van der Waals surface area (Å²) in [4.78, 5) is 7.72. The van der Waals surface area contributed by atoms with Gasteiger partial charge in [-0.1, -0.05) is 367 Å². The van der Waals surface area contributed by atoms with E-state index in [1.807, 2.05) is 35.7 Å². The molecule has 111 heavy (non-hydrogen) atoms. The summed E-state index contributed by atoms with van der Waals surface area (Å²) in [5, 5.41) is 8.66. The maximum atomic E-state index is 3.78. The van der Waals surface area contributed by atoms with Gasteiger partial charge in [-0.2, -0.15) is 0 Å². The normalized spacial score (nSPS) is 13.0. The summed E-state index contributed by atoms with van der Waals surface area (Å²) in [7, 11) is 0. The Balaban J connectivity index is 0.000000121. The molecule has 2 aliphatic carbocycles. The van der Waals surface area contributed by atoms with Crippen molar-refractivity contribution in [3.05, 3.63) is 474 Å². The maximum Gasteiger partial charge on any atom is 0.0742 e. The highest BCUT2D eigenvalue weighted by Crippen LogP contribution is 2.66. The fourth-order valence-electron chi connectivity index (χ4n) is 17.7. The van der Waals surface area contributed by atoms with Crippen LogP contribution in [0.5, 0.6) is 0 Å². The lowest BCUT2D eigenvalue weighted by molar-refractivity contribution is 0.728. The fraction of sp³-hybridized carbons (Fsp3) is 0.0189. The second kappa shape index (κ2) is 28.7. The van der Waals surface area contributed by atoms with Crippen LogP contribution in [0.15, 0.2) is 449 Å². The molecule has 18 aromatic carbocycles. The van der Waals surface area contributed by atoms with Gasteiger partial charge >= 0.3 is 0 Å². The van der Waals surface area contributed by atoms with Crippen molar-refractivity contribution in [1.29, 1.82) is 0 Å². The highest BCUT2D eigenvalue weighted by molar-refractivity contribution is 9.10. The molecule has 2 nitrogen and oxygen atoms in total. The van der Waals surface area contributed by atoms with Crippen molar-refractivity contribution in [3.8, 4) is 66.8 Å². The number of anilines is 5. The molecule has 2 spiro atoms. The molecule has 1 N–H and O–H groups in total. The van der Waals surface area contributed by atoms with E-state index < -0.39 is 5.41 Å². The van der Waals surface area contributed by atoms with Gasteiger partial charge in [-0.25, -0.2) is 0 Å². The van der Waals surface area contributed by atoms with Gasteiger partial charge in [0.2, 0.25) is 0 Å². The largest absolute Gasteiger partial charge is 0.356 e. The summed E-state index contributed by atoms with van der Waals surface area (Å²) in [6.07, 6.45) is 0. The Morgan fingerprint density at radius 1 is 0.225 bits per heavy atom. The highest BCUT2D eigenvalue weighted by atomic mass is 79.9. The number of rotatable bonds is 9. The van der Waals surface area contributed by atoms with Crippen LogP contribution in [0.3, 0.4) is 0 Å². The number of halogens is 1. The van der Waals surface area contributed by atoms with Crippen LogP contribution in [0.2, 0.25) is 0 Å². The summed E-state index contributed by atoms with van der Waals surface area (Å²) in [6.45, 7) is 0. The predicted molar refractivity (Wildman–Crippen MR) is 471 cm³/mol. The molecule has 524 valence electrons. The smallest absolute Gasteiger partial charge is 0.0742 e. The number of hydrogen-bond donors (Lipinski definition) is 1. The van der Waals surface area contributed by atoms with Crippen LogP contribution in [0, 0.1) is 0 Å². The number of hydrogen-bond acceptors (Lipinski definition) is 4. The topological polar surface area (TPSA) is 15.3 Å². The van der Waals surface area contributed by atoms with Crippen molar-refractivity contribution >= 4 is 89.4 Å². The number of nitrogens with zero attached hydrogens (tertiary/aromatic N) is 1. The molecule has 0 fully saturated rings. The molecule has 0 saturated carbocycles. The third kappa shape index (κ3) is 11.8. The van der Waals surface area contributed by atoms with Crippen molar-refractivity contribution in [2.75, 3.05) is 10.2 Å². The van der Waals surface area contributed by atoms with Gasteiger partial charge in [-0.15, -0.1) is 0 Å². The summed E-state index contributed by atoms with van der Waals surface area (Å²) in [5.41, 5.74) is 30.7. The minimum absolute atomic E-state index is 0.326. The molecule has 18 aromatic rings. The maximum absolute atomic E-state index is 3.78. The first-order chi connectivity index (χ1) is 54.9. The molecule has 0 radical (unpaired) electrons. The lowest BCUT2D eigenvalue weighted by Gasteiger charge is -2.40. The number of fused-ring (bicyclic) bond motifs is 22. The molecule has 22 rings (SSSR count). The standard InChI is InChI=1S/C53H35NS.C29H17BrS.C24H19N/c1-3-13-36(14-4-1)38-23-28-41(29-24-38)54(42-30-25-39(26-31-42)37-15-5-2-6-16-37)43-32-34-45-46-33-27-40-17-7-8-18-44(40)52(46)53(49(45)35-43)47-19-9-11-21-50(47)55-51-22-12-10-20-48(51)53;30-19-14-16-21-22-15-13-18-7-1-2-8-20(18)28(22)29(25(21)17-19)23-9-3-5-11-26(23)31-27-12-6-4-10-24(27)29;1-3-7-19(8-4-1)21-11-15-23(16-12-21)25-24-17-13-22(14-18-24)20-9-5-2-6-10-20/h1-35H;1-17H;1-18,25H. The molecule has 0 unspecified atom stereocenters. The van der Waals surface area contributed by atoms with Gasteiger partial charge in [-0.05, 0) is 230 Å². The minimum Gasteiger partial charge on any atom is -0.356 e. The first-order valence-electron chi connectivity index (χ1n) is 37.9. The van der Waals surface area contributed by atoms with Gasteiger partial charge < -0.3 is 10.2 Å². The molecule has 2 heterocycles. The Morgan fingerprint density at radius 2 is 0.514 bits per heavy atom. The highest BCUT2D eigenvalue weighted by Gasteiger charge is 2.53. The van der Waals surface area contributed by atoms with Gasteiger partial charge in [0, 0.05) is 52.5 Å². The van der Waals surface area contributed by atoms with E-state index in [2.05, 4.69) is 439 Å². The van der Waals surface area contributed by atoms with Crippen molar-refractivity contribution in [2.24, 2.45) is 0 Å². The van der Waals surface area contributed by atoms with Crippen LogP contribution in [0.1, 0.15) is 44.5 Å². The fourth-order valence-corrected chi connectivity index (χ4v) is 20.4. The molecule has 0 atom stereocenters. The van der Waals surface area contributed by atoms with Crippen molar-refractivity contribution in [1.82, 2.24) is 0 Å². The number of nitrogens with one attached hydrogen (secondary N) is 1. The Kier molecular flexibility index (Phi) is 17.5. The molecule has 0 amide bonds. The van der Waals surface area contributed by atoms with Crippen molar-refractivity contribution in [3.63, 3.8) is 0 Å². The average molecular weight is 1520 g/mol. The minimum atomic E-state index is -0.500. The lowest BCUT2D eigenvalue weighted by Crippen LogP contribution is -2.32. The van der Waals surface area contributed by atoms with Crippen molar-refractivity contribution < 1.29 is 0 Å². The first-order valence-corrected chi connectivity index (χ1v) is 40.3. The molecule has 0 bridgehead atoms. The molecule has 0 saturated heterocycles. The van der Waals surface area contributed by atoms with Gasteiger partial charge in [0.15, 0.2) is 0 Å². The van der Waals surface area contributed by atoms with Gasteiger partial charge in [0.25, 0.3) is 0 Å². The Labute approximate surface area is 665 Å². The SMILES string of the molecule is Brc1ccc2c(c1)C1(c3ccccc3Sc3ccccc31)c1c-2ccc2ccccc12.c1ccc(-c2ccc(N(c3ccc(-c4ccccc4)cc3)c3ccc4c(c3)C3(c5ccccc5Sc5ccccc53)c3c-4ccc4ccccc34)cc2)cc1.c1ccc(-c2ccc(Nc3ccc(-c4ccccc4)cc3)cc2)cc1. The average Bonchev–Trinajstić information content (AvgIpc) is 1.56. The van der Waals surface area contributed by atoms with E-state index in [-0.39, 0.29) is 5.41 Å². The Hall–Kier alpha value is -12.7. The molecular formula is C106H71BrN2S2.